The van der Waals surface area contributed by atoms with Gasteiger partial charge in [-0.1, -0.05) is 0 Å². The maximum Gasteiger partial charge on any atom is 0.252 e. The van der Waals surface area contributed by atoms with Gasteiger partial charge in [0.15, 0.2) is 0 Å². The number of amides is 2. The van der Waals surface area contributed by atoms with Gasteiger partial charge >= 0.3 is 0 Å². The fraction of sp³-hybridized carbons (Fsp3) is 0.478. The summed E-state index contributed by atoms with van der Waals surface area (Å²) in [7, 11) is 0. The first-order valence-corrected chi connectivity index (χ1v) is 12.1. The van der Waals surface area contributed by atoms with Gasteiger partial charge in [0.2, 0.25) is 5.91 Å². The number of hydrogen-bond acceptors (Lipinski definition) is 7. The van der Waals surface area contributed by atoms with Crippen LogP contribution in [0, 0.1) is 11.3 Å². The van der Waals surface area contributed by atoms with Crippen LogP contribution in [0.3, 0.4) is 0 Å². The molecule has 0 spiro atoms. The summed E-state index contributed by atoms with van der Waals surface area (Å²) in [6.45, 7) is 1.58. The van der Waals surface area contributed by atoms with Crippen LogP contribution in [0.4, 0.5) is 5.69 Å². The van der Waals surface area contributed by atoms with Gasteiger partial charge in [-0.05, 0) is 43.5 Å². The van der Waals surface area contributed by atoms with E-state index in [1.165, 1.54) is 11.3 Å². The van der Waals surface area contributed by atoms with Crippen molar-refractivity contribution in [2.75, 3.05) is 36.2 Å². The Balaban J connectivity index is 1.33. The van der Waals surface area contributed by atoms with Gasteiger partial charge in [0.05, 0.1) is 41.8 Å². The van der Waals surface area contributed by atoms with Crippen molar-refractivity contribution >= 4 is 40.2 Å². The Morgan fingerprint density at radius 2 is 2.06 bits per heavy atom. The molecule has 2 amide bonds. The Morgan fingerprint density at radius 3 is 2.84 bits per heavy atom. The van der Waals surface area contributed by atoms with Gasteiger partial charge in [-0.2, -0.15) is 5.26 Å². The molecule has 1 aromatic carbocycles. The molecule has 5 rings (SSSR count). The van der Waals surface area contributed by atoms with Gasteiger partial charge in [-0.3, -0.25) is 14.6 Å². The molecule has 0 aliphatic carbocycles. The third kappa shape index (κ3) is 4.12. The van der Waals surface area contributed by atoms with Crippen molar-refractivity contribution in [2.45, 2.75) is 37.5 Å². The Labute approximate surface area is 190 Å². The van der Waals surface area contributed by atoms with Crippen LogP contribution in [0.25, 0.3) is 10.9 Å². The molecule has 0 saturated carbocycles. The first-order valence-electron chi connectivity index (χ1n) is 11.0. The minimum absolute atomic E-state index is 0.131. The van der Waals surface area contributed by atoms with Gasteiger partial charge < -0.3 is 19.9 Å². The number of carbonyl (C=O) groups excluding carboxylic acids is 2. The zero-order valence-corrected chi connectivity index (χ0v) is 18.5. The van der Waals surface area contributed by atoms with E-state index in [1.807, 2.05) is 12.1 Å². The number of benzene rings is 1. The van der Waals surface area contributed by atoms with E-state index in [9.17, 15) is 14.9 Å². The summed E-state index contributed by atoms with van der Waals surface area (Å²) >= 11 is 1.54. The van der Waals surface area contributed by atoms with Crippen LogP contribution < -0.4 is 10.2 Å². The van der Waals surface area contributed by atoms with Crippen LogP contribution in [0.15, 0.2) is 30.5 Å². The molecule has 1 aromatic heterocycles. The number of nitriles is 1. The molecule has 3 fully saturated rings. The average molecular weight is 452 g/mol. The van der Waals surface area contributed by atoms with Gasteiger partial charge in [-0.15, -0.1) is 11.8 Å². The number of fused-ring (bicyclic) bond motifs is 3. The number of ether oxygens (including phenoxy) is 1. The minimum atomic E-state index is -0.429. The molecule has 3 unspecified atom stereocenters. The number of morpholine rings is 1. The quantitative estimate of drug-likeness (QED) is 0.760. The maximum atomic E-state index is 13.0. The zero-order chi connectivity index (χ0) is 22.1. The second-order valence-electron chi connectivity index (χ2n) is 8.47. The molecule has 2 aromatic rings. The van der Waals surface area contributed by atoms with Crippen molar-refractivity contribution in [3.05, 3.63) is 36.0 Å². The number of carbonyl (C=O) groups is 2. The van der Waals surface area contributed by atoms with Crippen molar-refractivity contribution in [2.24, 2.45) is 0 Å². The highest BCUT2D eigenvalue weighted by Crippen LogP contribution is 2.30. The minimum Gasteiger partial charge on any atom is -0.371 e. The van der Waals surface area contributed by atoms with Crippen LogP contribution in [-0.2, 0) is 9.53 Å². The number of hydrogen-bond donors (Lipinski definition) is 1. The van der Waals surface area contributed by atoms with Crippen molar-refractivity contribution in [1.82, 2.24) is 15.2 Å². The Bertz CT molecular complexity index is 1070. The summed E-state index contributed by atoms with van der Waals surface area (Å²) in [6.07, 6.45) is 5.54. The molecule has 3 aliphatic rings. The van der Waals surface area contributed by atoms with Crippen LogP contribution in [0.1, 0.15) is 29.6 Å². The molecule has 3 atom stereocenters. The van der Waals surface area contributed by atoms with Crippen molar-refractivity contribution < 1.29 is 14.3 Å². The summed E-state index contributed by atoms with van der Waals surface area (Å²) in [6, 6.07) is 9.40. The van der Waals surface area contributed by atoms with E-state index in [4.69, 9.17) is 4.74 Å². The number of thioether (sulfide) groups is 1. The molecule has 3 aliphatic heterocycles. The number of nitrogens with one attached hydrogen (secondary N) is 1. The summed E-state index contributed by atoms with van der Waals surface area (Å²) in [5.41, 5.74) is 2.29. The van der Waals surface area contributed by atoms with E-state index in [0.29, 0.717) is 17.2 Å². The number of nitrogens with zero attached hydrogens (tertiary/aromatic N) is 4. The molecule has 3 saturated heterocycles. The van der Waals surface area contributed by atoms with E-state index in [-0.39, 0.29) is 30.6 Å². The topological polar surface area (TPSA) is 98.6 Å². The van der Waals surface area contributed by atoms with Gasteiger partial charge in [0.1, 0.15) is 6.04 Å². The lowest BCUT2D eigenvalue weighted by Crippen LogP contribution is -2.50. The number of anilines is 1. The van der Waals surface area contributed by atoms with Gasteiger partial charge in [-0.25, -0.2) is 0 Å². The third-order valence-corrected chi connectivity index (χ3v) is 7.38. The van der Waals surface area contributed by atoms with Crippen LogP contribution in [0.2, 0.25) is 0 Å². The Hall–Kier alpha value is -2.83. The molecule has 8 nitrogen and oxygen atoms in total. The van der Waals surface area contributed by atoms with Gasteiger partial charge in [0.25, 0.3) is 5.91 Å². The number of pyridine rings is 1. The fourth-order valence-electron chi connectivity index (χ4n) is 4.70. The van der Waals surface area contributed by atoms with Crippen LogP contribution in [0.5, 0.6) is 0 Å². The first-order chi connectivity index (χ1) is 15.6. The summed E-state index contributed by atoms with van der Waals surface area (Å²) < 4.78 is 6.06. The summed E-state index contributed by atoms with van der Waals surface area (Å²) in [4.78, 5) is 33.7. The second-order valence-corrected chi connectivity index (χ2v) is 9.47. The van der Waals surface area contributed by atoms with E-state index in [0.717, 1.165) is 42.5 Å². The van der Waals surface area contributed by atoms with Crippen molar-refractivity contribution in [3.63, 3.8) is 0 Å². The monoisotopic (exact) mass is 451 g/mol. The normalized spacial score (nSPS) is 24.9. The molecule has 4 heterocycles. The van der Waals surface area contributed by atoms with Crippen molar-refractivity contribution in [3.8, 4) is 6.07 Å². The molecule has 2 bridgehead atoms. The predicted molar refractivity (Wildman–Crippen MR) is 122 cm³/mol. The van der Waals surface area contributed by atoms with Gasteiger partial charge in [0, 0.05) is 36.1 Å². The molecule has 1 N–H and O–H groups in total. The lowest BCUT2D eigenvalue weighted by Gasteiger charge is -2.42. The lowest BCUT2D eigenvalue weighted by molar-refractivity contribution is -0.129. The zero-order valence-electron chi connectivity index (χ0n) is 17.7. The van der Waals surface area contributed by atoms with E-state index in [1.54, 1.807) is 24.0 Å². The molecular formula is C23H25N5O3S. The predicted octanol–water partition coefficient (Wildman–Crippen LogP) is 2.15. The van der Waals surface area contributed by atoms with E-state index < -0.39 is 6.04 Å². The molecule has 9 heteroatoms. The lowest BCUT2D eigenvalue weighted by atomic mass is 9.98. The summed E-state index contributed by atoms with van der Waals surface area (Å²) in [5.74, 6) is 0.531. The van der Waals surface area contributed by atoms with Crippen LogP contribution in [-0.4, -0.2) is 71.2 Å². The molecular weight excluding hydrogens is 426 g/mol. The number of aromatic nitrogens is 1. The van der Waals surface area contributed by atoms with Crippen LogP contribution >= 0.6 is 11.8 Å². The number of rotatable bonds is 4. The highest BCUT2D eigenvalue weighted by molar-refractivity contribution is 7.99. The highest BCUT2D eigenvalue weighted by atomic mass is 32.2. The SMILES string of the molecule is N#CC1CSCN1C(=O)CNC(=O)c1ccnc2ccc(N3CC4CCCC(C3)O4)cc12. The molecule has 166 valence electrons. The Kier molecular flexibility index (Phi) is 5.89. The fourth-order valence-corrected chi connectivity index (χ4v) is 5.81. The average Bonchev–Trinajstić information content (AvgIpc) is 3.30. The smallest absolute Gasteiger partial charge is 0.252 e. The van der Waals surface area contributed by atoms with Crippen molar-refractivity contribution in [1.29, 1.82) is 5.26 Å². The maximum absolute atomic E-state index is 13.0. The second kappa shape index (κ2) is 8.96. The first kappa shape index (κ1) is 21.0. The third-order valence-electron chi connectivity index (χ3n) is 6.37. The molecule has 0 radical (unpaired) electrons. The largest absolute Gasteiger partial charge is 0.371 e. The Morgan fingerprint density at radius 1 is 1.25 bits per heavy atom. The van der Waals surface area contributed by atoms with E-state index in [2.05, 4.69) is 27.3 Å². The van der Waals surface area contributed by atoms with E-state index >= 15 is 0 Å². The standard InChI is InChI=1S/C23H25N5O3S/c24-9-16-13-32-14-28(16)22(29)10-26-23(30)19-6-7-25-21-5-4-15(8-20(19)21)27-11-17-2-1-3-18(12-27)31-17/h4-8,16-18H,1-3,10-14H2,(H,26,30). The summed E-state index contributed by atoms with van der Waals surface area (Å²) in [5, 5.41) is 12.7. The highest BCUT2D eigenvalue weighted by Gasteiger charge is 2.32. The molecule has 32 heavy (non-hydrogen) atoms.